The average Bonchev–Trinajstić information content (AvgIpc) is 2.61. The lowest BCUT2D eigenvalue weighted by atomic mass is 10.00. The summed E-state index contributed by atoms with van der Waals surface area (Å²) in [5, 5.41) is 0. The van der Waals surface area contributed by atoms with E-state index in [-0.39, 0.29) is 5.91 Å². The Balaban J connectivity index is 3.67. The molecule has 0 heterocycles. The lowest BCUT2D eigenvalue weighted by Gasteiger charge is -2.35. The Morgan fingerprint density at radius 1 is 0.769 bits per heavy atom. The van der Waals surface area contributed by atoms with E-state index in [0.29, 0.717) is 16.1 Å². The lowest BCUT2D eigenvalue weighted by molar-refractivity contribution is -0.839. The highest BCUT2D eigenvalue weighted by Gasteiger charge is 2.34. The van der Waals surface area contributed by atoms with Crippen LogP contribution in [0.4, 0.5) is 0 Å². The van der Waals surface area contributed by atoms with Gasteiger partial charge in [-0.05, 0) is 26.2 Å². The number of hydrogen-bond acceptors (Lipinski definition) is 1. The lowest BCUT2D eigenvalue weighted by Crippen LogP contribution is -2.53. The molecule has 0 aliphatic rings. The van der Waals surface area contributed by atoms with Crippen LogP contribution >= 0.6 is 0 Å². The smallest absolute Gasteiger partial charge is 0.259 e. The van der Waals surface area contributed by atoms with Gasteiger partial charge in [-0.15, -0.1) is 0 Å². The van der Waals surface area contributed by atoms with Gasteiger partial charge in [0.1, 0.15) is 0 Å². The van der Waals surface area contributed by atoms with Gasteiger partial charge in [0.25, 0.3) is 0 Å². The average molecular weight is 367 g/mol. The molecule has 1 unspecified atom stereocenters. The molecular formula is C24H48NO+. The molecule has 0 saturated heterocycles. The van der Waals surface area contributed by atoms with E-state index in [4.69, 9.17) is 0 Å². The van der Waals surface area contributed by atoms with Crippen molar-refractivity contribution in [2.75, 3.05) is 14.1 Å². The SMILES string of the molecule is C=C(C)C(=O)[N+](C)(C)C(CC)CCCCCCCCCCCCCCC. The largest absolute Gasteiger partial charge is 0.340 e. The zero-order valence-electron chi connectivity index (χ0n) is 18.7. The first kappa shape index (κ1) is 25.4. The minimum absolute atomic E-state index is 0.187. The minimum Gasteiger partial charge on any atom is -0.259 e. The molecule has 1 amide bonds. The van der Waals surface area contributed by atoms with E-state index in [9.17, 15) is 4.79 Å². The third-order valence-corrected chi connectivity index (χ3v) is 5.91. The van der Waals surface area contributed by atoms with E-state index >= 15 is 0 Å². The van der Waals surface area contributed by atoms with Crippen molar-refractivity contribution in [1.29, 1.82) is 0 Å². The summed E-state index contributed by atoms with van der Waals surface area (Å²) in [5.41, 5.74) is 0.679. The molecule has 0 aliphatic heterocycles. The van der Waals surface area contributed by atoms with Crippen LogP contribution in [0.2, 0.25) is 0 Å². The van der Waals surface area contributed by atoms with Crippen molar-refractivity contribution in [3.63, 3.8) is 0 Å². The topological polar surface area (TPSA) is 17.1 Å². The number of carbonyl (C=O) groups is 1. The van der Waals surface area contributed by atoms with Gasteiger partial charge in [-0.3, -0.25) is 4.48 Å². The maximum absolute atomic E-state index is 12.4. The molecular weight excluding hydrogens is 318 g/mol. The molecule has 1 atom stereocenters. The van der Waals surface area contributed by atoms with Crippen LogP contribution in [-0.2, 0) is 4.79 Å². The van der Waals surface area contributed by atoms with Crippen molar-refractivity contribution in [2.45, 2.75) is 123 Å². The zero-order chi connectivity index (χ0) is 19.8. The first-order valence-corrected chi connectivity index (χ1v) is 11.4. The van der Waals surface area contributed by atoms with Gasteiger partial charge in [0.15, 0.2) is 0 Å². The fourth-order valence-electron chi connectivity index (χ4n) is 4.04. The Morgan fingerprint density at radius 2 is 1.15 bits per heavy atom. The predicted molar refractivity (Wildman–Crippen MR) is 116 cm³/mol. The van der Waals surface area contributed by atoms with Gasteiger partial charge >= 0.3 is 5.91 Å². The molecule has 0 aromatic heterocycles. The summed E-state index contributed by atoms with van der Waals surface area (Å²) in [6, 6.07) is 0.423. The van der Waals surface area contributed by atoms with E-state index in [2.05, 4.69) is 20.4 Å². The molecule has 0 saturated carbocycles. The first-order chi connectivity index (χ1) is 12.4. The number of hydrogen-bond donors (Lipinski definition) is 0. The van der Waals surface area contributed by atoms with Crippen LogP contribution < -0.4 is 0 Å². The fraction of sp³-hybridized carbons (Fsp3) is 0.875. The van der Waals surface area contributed by atoms with Gasteiger partial charge in [-0.25, -0.2) is 4.79 Å². The van der Waals surface area contributed by atoms with E-state index < -0.39 is 0 Å². The molecule has 0 aliphatic carbocycles. The van der Waals surface area contributed by atoms with Gasteiger partial charge in [0.05, 0.1) is 20.1 Å². The Kier molecular flexibility index (Phi) is 15.1. The quantitative estimate of drug-likeness (QED) is 0.149. The van der Waals surface area contributed by atoms with Crippen molar-refractivity contribution in [3.05, 3.63) is 12.2 Å². The van der Waals surface area contributed by atoms with Crippen molar-refractivity contribution in [1.82, 2.24) is 0 Å². The molecule has 0 fully saturated rings. The highest BCUT2D eigenvalue weighted by Crippen LogP contribution is 2.21. The molecule has 0 N–H and O–H groups in total. The maximum Gasteiger partial charge on any atom is 0.340 e. The van der Waals surface area contributed by atoms with Crippen molar-refractivity contribution in [2.24, 2.45) is 0 Å². The highest BCUT2D eigenvalue weighted by molar-refractivity contribution is 5.86. The number of unbranched alkanes of at least 4 members (excludes halogenated alkanes) is 12. The normalized spacial score (nSPS) is 13.0. The van der Waals surface area contributed by atoms with E-state index in [1.54, 1.807) is 0 Å². The second kappa shape index (κ2) is 15.4. The van der Waals surface area contributed by atoms with Gasteiger partial charge in [0.2, 0.25) is 0 Å². The van der Waals surface area contributed by atoms with Crippen LogP contribution in [0.15, 0.2) is 12.2 Å². The molecule has 0 rings (SSSR count). The summed E-state index contributed by atoms with van der Waals surface area (Å²) < 4.78 is 0.462. The van der Waals surface area contributed by atoms with Crippen molar-refractivity contribution < 1.29 is 9.28 Å². The first-order valence-electron chi connectivity index (χ1n) is 11.4. The van der Waals surface area contributed by atoms with E-state index in [1.807, 2.05) is 21.0 Å². The summed E-state index contributed by atoms with van der Waals surface area (Å²) in [5.74, 6) is 0.187. The van der Waals surface area contributed by atoms with E-state index in [1.165, 1.54) is 83.5 Å². The summed E-state index contributed by atoms with van der Waals surface area (Å²) in [7, 11) is 4.10. The Morgan fingerprint density at radius 3 is 1.50 bits per heavy atom. The van der Waals surface area contributed by atoms with Crippen LogP contribution in [-0.4, -0.2) is 30.5 Å². The molecule has 0 aromatic carbocycles. The second-order valence-corrected chi connectivity index (χ2v) is 8.72. The van der Waals surface area contributed by atoms with Crippen LogP contribution in [0.25, 0.3) is 0 Å². The molecule has 0 bridgehead atoms. The third-order valence-electron chi connectivity index (χ3n) is 5.91. The Bertz CT molecular complexity index is 372. The number of quaternary nitrogens is 1. The van der Waals surface area contributed by atoms with Gasteiger partial charge < -0.3 is 0 Å². The van der Waals surface area contributed by atoms with Crippen LogP contribution in [0.1, 0.15) is 117 Å². The number of likely N-dealkylation sites (N-methyl/N-ethyl adjacent to an activating group) is 1. The number of rotatable bonds is 17. The molecule has 2 nitrogen and oxygen atoms in total. The fourth-order valence-corrected chi connectivity index (χ4v) is 4.04. The van der Waals surface area contributed by atoms with Crippen LogP contribution in [0.5, 0.6) is 0 Å². The molecule has 0 radical (unpaired) electrons. The Hall–Kier alpha value is -0.630. The van der Waals surface area contributed by atoms with Gasteiger partial charge in [-0.2, -0.15) is 0 Å². The standard InChI is InChI=1S/C24H48NO/c1-7-9-10-11-12-13-14-15-16-17-18-19-20-21-23(8-2)25(5,6)24(26)22(3)4/h23H,3,7-21H2,1-2,4-6H3/q+1. The predicted octanol–water partition coefficient (Wildman–Crippen LogP) is 7.43. The highest BCUT2D eigenvalue weighted by atomic mass is 16.2. The summed E-state index contributed by atoms with van der Waals surface area (Å²) >= 11 is 0. The van der Waals surface area contributed by atoms with Crippen molar-refractivity contribution in [3.8, 4) is 0 Å². The number of amides is 1. The molecule has 2 heteroatoms. The van der Waals surface area contributed by atoms with Gasteiger partial charge in [0, 0.05) is 5.57 Å². The molecule has 154 valence electrons. The molecule has 26 heavy (non-hydrogen) atoms. The summed E-state index contributed by atoms with van der Waals surface area (Å²) in [4.78, 5) is 12.4. The van der Waals surface area contributed by atoms with Crippen LogP contribution in [0.3, 0.4) is 0 Å². The van der Waals surface area contributed by atoms with Crippen LogP contribution in [0, 0.1) is 0 Å². The molecule has 0 spiro atoms. The maximum atomic E-state index is 12.4. The number of nitrogens with zero attached hydrogens (tertiary/aromatic N) is 1. The minimum atomic E-state index is 0.187. The number of carbonyl (C=O) groups excluding carboxylic acids is 1. The summed E-state index contributed by atoms with van der Waals surface area (Å²) in [6.45, 7) is 10.2. The second-order valence-electron chi connectivity index (χ2n) is 8.72. The summed E-state index contributed by atoms with van der Waals surface area (Å²) in [6.07, 6.45) is 20.3. The monoisotopic (exact) mass is 366 g/mol. The van der Waals surface area contributed by atoms with Gasteiger partial charge in [-0.1, -0.05) is 97.5 Å². The molecule has 0 aromatic rings. The third kappa shape index (κ3) is 11.2. The zero-order valence-corrected chi connectivity index (χ0v) is 18.7. The Labute approximate surface area is 165 Å². The van der Waals surface area contributed by atoms with Crippen molar-refractivity contribution >= 4 is 5.91 Å². The van der Waals surface area contributed by atoms with E-state index in [0.717, 1.165) is 12.8 Å².